The van der Waals surface area contributed by atoms with E-state index in [0.29, 0.717) is 13.0 Å². The van der Waals surface area contributed by atoms with Crippen molar-refractivity contribution in [2.24, 2.45) is 5.11 Å². The molecule has 1 N–H and O–H groups in total. The topological polar surface area (TPSA) is 78.2 Å². The number of hydrogen-bond donors (Lipinski definition) is 1. The van der Waals surface area contributed by atoms with Crippen LogP contribution in [0.2, 0.25) is 0 Å². The van der Waals surface area contributed by atoms with Crippen molar-refractivity contribution < 1.29 is 9.84 Å². The molecule has 5 nitrogen and oxygen atoms in total. The van der Waals surface area contributed by atoms with E-state index in [1.807, 2.05) is 0 Å². The molecule has 5 heteroatoms. The van der Waals surface area contributed by atoms with Gasteiger partial charge in [0.05, 0.1) is 18.8 Å². The molecule has 0 aromatic carbocycles. The van der Waals surface area contributed by atoms with Crippen LogP contribution in [0.3, 0.4) is 0 Å². The average molecular weight is 143 g/mol. The van der Waals surface area contributed by atoms with Crippen LogP contribution >= 0.6 is 0 Å². The highest BCUT2D eigenvalue weighted by Crippen LogP contribution is 2.12. The predicted octanol–water partition coefficient (Wildman–Crippen LogP) is 0.446. The van der Waals surface area contributed by atoms with Gasteiger partial charge in [-0.05, 0) is 12.0 Å². The number of nitrogens with zero attached hydrogens (tertiary/aromatic N) is 3. The van der Waals surface area contributed by atoms with E-state index in [2.05, 4.69) is 10.0 Å². The summed E-state index contributed by atoms with van der Waals surface area (Å²) in [4.78, 5) is 2.57. The molecule has 1 saturated heterocycles. The Morgan fingerprint density at radius 1 is 1.80 bits per heavy atom. The van der Waals surface area contributed by atoms with Crippen LogP contribution in [0.4, 0.5) is 0 Å². The third-order valence-corrected chi connectivity index (χ3v) is 1.50. The van der Waals surface area contributed by atoms with Gasteiger partial charge in [0.15, 0.2) is 0 Å². The zero-order valence-corrected chi connectivity index (χ0v) is 5.47. The van der Waals surface area contributed by atoms with E-state index in [1.54, 1.807) is 0 Å². The molecular weight excluding hydrogens is 134 g/mol. The van der Waals surface area contributed by atoms with E-state index in [4.69, 9.17) is 15.4 Å². The van der Waals surface area contributed by atoms with Crippen molar-refractivity contribution in [3.05, 3.63) is 10.4 Å². The number of hydrogen-bond acceptors (Lipinski definition) is 3. The third kappa shape index (κ3) is 1.60. The van der Waals surface area contributed by atoms with Crippen LogP contribution in [0, 0.1) is 0 Å². The molecule has 0 aliphatic carbocycles. The second-order valence-corrected chi connectivity index (χ2v) is 2.18. The Kier molecular flexibility index (Phi) is 2.50. The fraction of sp³-hybridized carbons (Fsp3) is 1.00. The summed E-state index contributed by atoms with van der Waals surface area (Å²) < 4.78 is 5.05. The van der Waals surface area contributed by atoms with Gasteiger partial charge in [-0.3, -0.25) is 0 Å². The van der Waals surface area contributed by atoms with E-state index in [0.717, 1.165) is 0 Å². The van der Waals surface area contributed by atoms with Gasteiger partial charge in [-0.1, -0.05) is 5.11 Å². The Morgan fingerprint density at radius 3 is 3.10 bits per heavy atom. The lowest BCUT2D eigenvalue weighted by molar-refractivity contribution is 0.0488. The molecule has 10 heavy (non-hydrogen) atoms. The summed E-state index contributed by atoms with van der Waals surface area (Å²) in [6, 6.07) is 0. The third-order valence-electron chi connectivity index (χ3n) is 1.50. The molecule has 1 aliphatic rings. The standard InChI is InChI=1S/C5H9N3O2/c6-8-7-3-5-4(9)1-2-10-5/h4-5,9H,1-3H2/t4-,5+/m1/s1. The van der Waals surface area contributed by atoms with Crippen molar-refractivity contribution in [2.75, 3.05) is 13.2 Å². The Bertz CT molecular complexity index is 155. The summed E-state index contributed by atoms with van der Waals surface area (Å²) in [6.07, 6.45) is -0.0904. The minimum atomic E-state index is -0.453. The van der Waals surface area contributed by atoms with E-state index < -0.39 is 6.10 Å². The maximum Gasteiger partial charge on any atom is 0.0891 e. The molecule has 0 radical (unpaired) electrons. The first-order valence-corrected chi connectivity index (χ1v) is 3.15. The zero-order valence-electron chi connectivity index (χ0n) is 5.47. The van der Waals surface area contributed by atoms with Gasteiger partial charge in [0.25, 0.3) is 0 Å². The van der Waals surface area contributed by atoms with Gasteiger partial charge in [-0.15, -0.1) is 0 Å². The van der Waals surface area contributed by atoms with E-state index in [1.165, 1.54) is 0 Å². The summed E-state index contributed by atoms with van der Waals surface area (Å²) in [5, 5.41) is 12.4. The molecule has 0 bridgehead atoms. The highest BCUT2D eigenvalue weighted by Gasteiger charge is 2.24. The molecule has 0 amide bonds. The molecule has 1 fully saturated rings. The molecule has 1 heterocycles. The number of rotatable bonds is 2. The van der Waals surface area contributed by atoms with Gasteiger partial charge in [-0.25, -0.2) is 0 Å². The SMILES string of the molecule is [N-]=[N+]=NC[C@@H]1OCC[C@H]1O. The van der Waals surface area contributed by atoms with Gasteiger partial charge in [0.2, 0.25) is 0 Å². The number of aliphatic hydroxyl groups is 1. The van der Waals surface area contributed by atoms with Crippen molar-refractivity contribution in [2.45, 2.75) is 18.6 Å². The monoisotopic (exact) mass is 143 g/mol. The van der Waals surface area contributed by atoms with Crippen molar-refractivity contribution >= 4 is 0 Å². The highest BCUT2D eigenvalue weighted by molar-refractivity contribution is 4.76. The number of aliphatic hydroxyl groups excluding tert-OH is 1. The Hall–Kier alpha value is -0.770. The summed E-state index contributed by atoms with van der Waals surface area (Å²) in [7, 11) is 0. The molecule has 0 saturated carbocycles. The zero-order chi connectivity index (χ0) is 7.40. The van der Waals surface area contributed by atoms with Crippen LogP contribution < -0.4 is 0 Å². The van der Waals surface area contributed by atoms with Gasteiger partial charge in [0, 0.05) is 11.5 Å². The molecule has 0 aromatic heterocycles. The molecule has 2 atom stereocenters. The lowest BCUT2D eigenvalue weighted by Gasteiger charge is -2.08. The fourth-order valence-electron chi connectivity index (χ4n) is 0.928. The molecule has 56 valence electrons. The lowest BCUT2D eigenvalue weighted by Crippen LogP contribution is -2.23. The molecule has 1 rings (SSSR count). The van der Waals surface area contributed by atoms with Crippen molar-refractivity contribution in [1.29, 1.82) is 0 Å². The maximum atomic E-state index is 9.11. The first kappa shape index (κ1) is 7.34. The normalized spacial score (nSPS) is 31.7. The first-order chi connectivity index (χ1) is 4.84. The van der Waals surface area contributed by atoms with Gasteiger partial charge < -0.3 is 9.84 Å². The molecular formula is C5H9N3O2. The summed E-state index contributed by atoms with van der Waals surface area (Å²) in [5.74, 6) is 0. The van der Waals surface area contributed by atoms with Crippen LogP contribution in [-0.2, 0) is 4.74 Å². The van der Waals surface area contributed by atoms with Gasteiger partial charge in [-0.2, -0.15) is 0 Å². The highest BCUT2D eigenvalue weighted by atomic mass is 16.5. The minimum absolute atomic E-state index is 0.234. The van der Waals surface area contributed by atoms with Gasteiger partial charge in [0.1, 0.15) is 0 Å². The van der Waals surface area contributed by atoms with E-state index in [9.17, 15) is 0 Å². The summed E-state index contributed by atoms with van der Waals surface area (Å²) in [6.45, 7) is 0.796. The van der Waals surface area contributed by atoms with Crippen molar-refractivity contribution in [1.82, 2.24) is 0 Å². The van der Waals surface area contributed by atoms with Crippen molar-refractivity contribution in [3.8, 4) is 0 Å². The molecule has 0 unspecified atom stereocenters. The first-order valence-electron chi connectivity index (χ1n) is 3.15. The quantitative estimate of drug-likeness (QED) is 0.346. The Morgan fingerprint density at radius 2 is 2.60 bits per heavy atom. The second-order valence-electron chi connectivity index (χ2n) is 2.18. The molecule has 0 spiro atoms. The van der Waals surface area contributed by atoms with Crippen molar-refractivity contribution in [3.63, 3.8) is 0 Å². The summed E-state index contributed by atoms with van der Waals surface area (Å²) >= 11 is 0. The van der Waals surface area contributed by atoms with Gasteiger partial charge >= 0.3 is 0 Å². The van der Waals surface area contributed by atoms with Crippen LogP contribution in [0.15, 0.2) is 5.11 Å². The van der Waals surface area contributed by atoms with Crippen LogP contribution in [0.5, 0.6) is 0 Å². The lowest BCUT2D eigenvalue weighted by atomic mass is 10.2. The number of ether oxygens (including phenoxy) is 1. The summed E-state index contributed by atoms with van der Waals surface area (Å²) in [5.41, 5.74) is 7.93. The Labute approximate surface area is 58.2 Å². The second kappa shape index (κ2) is 3.41. The minimum Gasteiger partial charge on any atom is -0.390 e. The van der Waals surface area contributed by atoms with E-state index >= 15 is 0 Å². The number of azide groups is 1. The predicted molar refractivity (Wildman–Crippen MR) is 34.4 cm³/mol. The smallest absolute Gasteiger partial charge is 0.0891 e. The van der Waals surface area contributed by atoms with Crippen LogP contribution in [0.1, 0.15) is 6.42 Å². The molecule has 1 aliphatic heterocycles. The average Bonchev–Trinajstić information content (AvgIpc) is 2.31. The Balaban J connectivity index is 2.32. The van der Waals surface area contributed by atoms with Crippen LogP contribution in [-0.4, -0.2) is 30.5 Å². The fourth-order valence-corrected chi connectivity index (χ4v) is 0.928. The maximum absolute atomic E-state index is 9.11. The largest absolute Gasteiger partial charge is 0.390 e. The molecule has 0 aromatic rings. The van der Waals surface area contributed by atoms with E-state index in [-0.39, 0.29) is 12.6 Å². The van der Waals surface area contributed by atoms with Crippen LogP contribution in [0.25, 0.3) is 10.4 Å².